The summed E-state index contributed by atoms with van der Waals surface area (Å²) < 4.78 is 0.593. The van der Waals surface area contributed by atoms with Gasteiger partial charge in [-0.15, -0.1) is 10.2 Å². The zero-order valence-electron chi connectivity index (χ0n) is 18.9. The summed E-state index contributed by atoms with van der Waals surface area (Å²) in [6.45, 7) is 5.73. The van der Waals surface area contributed by atoms with Crippen LogP contribution in [0.5, 0.6) is 0 Å². The van der Waals surface area contributed by atoms with Gasteiger partial charge in [0, 0.05) is 5.69 Å². The van der Waals surface area contributed by atoms with E-state index < -0.39 is 23.4 Å². The first-order chi connectivity index (χ1) is 16.3. The molecule has 176 valence electrons. The van der Waals surface area contributed by atoms with Gasteiger partial charge in [0.15, 0.2) is 4.34 Å². The maximum absolute atomic E-state index is 12.9. The van der Waals surface area contributed by atoms with Gasteiger partial charge in [0.1, 0.15) is 5.54 Å². The van der Waals surface area contributed by atoms with Crippen LogP contribution in [0.3, 0.4) is 0 Å². The quantitative estimate of drug-likeness (QED) is 0.321. The molecular weight excluding hydrogens is 472 g/mol. The van der Waals surface area contributed by atoms with Crippen molar-refractivity contribution in [2.75, 3.05) is 11.1 Å². The lowest BCUT2D eigenvalue weighted by Crippen LogP contribution is -2.48. The number of aromatic nitrogens is 2. The summed E-state index contributed by atoms with van der Waals surface area (Å²) in [5.41, 5.74) is 5.08. The van der Waals surface area contributed by atoms with Crippen LogP contribution in [0, 0.1) is 6.92 Å². The standard InChI is InChI=1S/C23H24N6O3S2/c1-4-15-10-8-9-14(2)18(15)24-20-26-27-22(34-20)33-13-17(30)28-29-19(31)23(3,25-21(29)32)16-11-6-5-7-12-16/h5-12H,4,13H2,1-3H3,(H,24,26)(H,25,32)(H,28,30). The molecule has 11 heteroatoms. The molecule has 1 aliphatic rings. The molecule has 0 spiro atoms. The molecule has 3 aromatic rings. The summed E-state index contributed by atoms with van der Waals surface area (Å²) in [6, 6.07) is 14.3. The molecule has 9 nitrogen and oxygen atoms in total. The minimum atomic E-state index is -1.24. The summed E-state index contributed by atoms with van der Waals surface area (Å²) in [5.74, 6) is -1.07. The van der Waals surface area contributed by atoms with Crippen LogP contribution in [0.4, 0.5) is 15.6 Å². The number of carbonyl (C=O) groups excluding carboxylic acids is 3. The number of nitrogens with one attached hydrogen (secondary N) is 3. The second-order valence-corrected chi connectivity index (χ2v) is 10.0. The highest BCUT2D eigenvalue weighted by molar-refractivity contribution is 8.01. The van der Waals surface area contributed by atoms with Crippen LogP contribution in [0.25, 0.3) is 0 Å². The van der Waals surface area contributed by atoms with Gasteiger partial charge in [-0.2, -0.15) is 5.01 Å². The van der Waals surface area contributed by atoms with Crippen LogP contribution in [0.15, 0.2) is 52.9 Å². The Morgan fingerprint density at radius 1 is 1.15 bits per heavy atom. The van der Waals surface area contributed by atoms with Crippen LogP contribution in [-0.4, -0.2) is 38.8 Å². The normalized spacial score (nSPS) is 17.6. The Morgan fingerprint density at radius 2 is 1.91 bits per heavy atom. The molecule has 1 saturated heterocycles. The molecule has 0 radical (unpaired) electrons. The van der Waals surface area contributed by atoms with Crippen LogP contribution in [-0.2, 0) is 21.5 Å². The van der Waals surface area contributed by atoms with E-state index in [-0.39, 0.29) is 5.75 Å². The Balaban J connectivity index is 1.35. The number of anilines is 2. The monoisotopic (exact) mass is 496 g/mol. The van der Waals surface area contributed by atoms with E-state index in [1.54, 1.807) is 31.2 Å². The number of rotatable bonds is 8. The summed E-state index contributed by atoms with van der Waals surface area (Å²) >= 11 is 2.51. The van der Waals surface area contributed by atoms with Gasteiger partial charge >= 0.3 is 6.03 Å². The van der Waals surface area contributed by atoms with Crippen LogP contribution in [0.2, 0.25) is 0 Å². The molecule has 1 aliphatic heterocycles. The summed E-state index contributed by atoms with van der Waals surface area (Å²) in [6.07, 6.45) is 0.886. The highest BCUT2D eigenvalue weighted by Gasteiger charge is 2.49. The molecule has 0 bridgehead atoms. The summed E-state index contributed by atoms with van der Waals surface area (Å²) in [4.78, 5) is 37.8. The molecule has 1 atom stereocenters. The second kappa shape index (κ2) is 9.82. The van der Waals surface area contributed by atoms with Crippen LogP contribution in [0.1, 0.15) is 30.5 Å². The third kappa shape index (κ3) is 4.75. The van der Waals surface area contributed by atoms with Gasteiger partial charge in [-0.3, -0.25) is 15.0 Å². The molecule has 34 heavy (non-hydrogen) atoms. The Labute approximate surface area is 205 Å². The van der Waals surface area contributed by atoms with Gasteiger partial charge in [0.05, 0.1) is 5.75 Å². The molecule has 3 N–H and O–H groups in total. The predicted octanol–water partition coefficient (Wildman–Crippen LogP) is 3.74. The number of aryl methyl sites for hydroxylation is 2. The highest BCUT2D eigenvalue weighted by Crippen LogP contribution is 2.31. The van der Waals surface area contributed by atoms with Gasteiger partial charge in [0.2, 0.25) is 11.0 Å². The number of carbonyl (C=O) groups is 3. The van der Waals surface area contributed by atoms with E-state index in [2.05, 4.69) is 39.2 Å². The van der Waals surface area contributed by atoms with Crippen molar-refractivity contribution in [3.8, 4) is 0 Å². The van der Waals surface area contributed by atoms with Gasteiger partial charge in [0.25, 0.3) is 5.91 Å². The lowest BCUT2D eigenvalue weighted by Gasteiger charge is -2.22. The first-order valence-corrected chi connectivity index (χ1v) is 12.5. The maximum atomic E-state index is 12.9. The number of nitrogens with zero attached hydrogens (tertiary/aromatic N) is 3. The van der Waals surface area contributed by atoms with Crippen molar-refractivity contribution in [2.45, 2.75) is 37.1 Å². The van der Waals surface area contributed by atoms with Crippen molar-refractivity contribution < 1.29 is 14.4 Å². The van der Waals surface area contributed by atoms with Crippen molar-refractivity contribution in [2.24, 2.45) is 0 Å². The number of urea groups is 1. The molecule has 1 aromatic heterocycles. The fourth-order valence-electron chi connectivity index (χ4n) is 3.62. The van der Waals surface area contributed by atoms with Crippen molar-refractivity contribution in [1.82, 2.24) is 25.9 Å². The van der Waals surface area contributed by atoms with E-state index in [0.717, 1.165) is 22.7 Å². The molecule has 0 saturated carbocycles. The van der Waals surface area contributed by atoms with E-state index in [1.807, 2.05) is 25.1 Å². The number of amides is 4. The van der Waals surface area contributed by atoms with Gasteiger partial charge < -0.3 is 10.6 Å². The smallest absolute Gasteiger partial charge is 0.330 e. The van der Waals surface area contributed by atoms with Gasteiger partial charge in [-0.25, -0.2) is 4.79 Å². The summed E-state index contributed by atoms with van der Waals surface area (Å²) in [5, 5.41) is 15.6. The number of imide groups is 1. The Hall–Kier alpha value is -3.44. The molecule has 1 fully saturated rings. The van der Waals surface area contributed by atoms with Crippen molar-refractivity contribution >= 4 is 51.8 Å². The number of para-hydroxylation sites is 1. The molecule has 1 unspecified atom stereocenters. The Morgan fingerprint density at radius 3 is 2.65 bits per heavy atom. The summed E-state index contributed by atoms with van der Waals surface area (Å²) in [7, 11) is 0. The van der Waals surface area contributed by atoms with Gasteiger partial charge in [-0.1, -0.05) is 78.6 Å². The highest BCUT2D eigenvalue weighted by atomic mass is 32.2. The number of hydrazine groups is 1. The third-order valence-electron chi connectivity index (χ3n) is 5.48. The zero-order valence-corrected chi connectivity index (χ0v) is 20.5. The number of hydrogen-bond donors (Lipinski definition) is 3. The van der Waals surface area contributed by atoms with Crippen LogP contribution < -0.4 is 16.1 Å². The lowest BCUT2D eigenvalue weighted by atomic mass is 9.92. The minimum Gasteiger partial charge on any atom is -0.330 e. The minimum absolute atomic E-state index is 0.0294. The number of thioether (sulfide) groups is 1. The Bertz CT molecular complexity index is 1230. The third-order valence-corrected chi connectivity index (χ3v) is 7.46. The molecule has 2 aromatic carbocycles. The fraction of sp³-hybridized carbons (Fsp3) is 0.261. The van der Waals surface area contributed by atoms with Gasteiger partial charge in [-0.05, 0) is 37.0 Å². The molecule has 4 amide bonds. The van der Waals surface area contributed by atoms with Crippen molar-refractivity contribution in [3.63, 3.8) is 0 Å². The molecule has 0 aliphatic carbocycles. The van der Waals surface area contributed by atoms with Crippen molar-refractivity contribution in [3.05, 3.63) is 65.2 Å². The lowest BCUT2D eigenvalue weighted by molar-refractivity contribution is -0.138. The molecule has 4 rings (SSSR count). The van der Waals surface area contributed by atoms with E-state index in [0.29, 0.717) is 15.0 Å². The first-order valence-electron chi connectivity index (χ1n) is 10.7. The fourth-order valence-corrected chi connectivity index (χ4v) is 5.17. The van der Waals surface area contributed by atoms with E-state index in [9.17, 15) is 14.4 Å². The Kier molecular flexibility index (Phi) is 6.85. The van der Waals surface area contributed by atoms with E-state index in [4.69, 9.17) is 0 Å². The largest absolute Gasteiger partial charge is 0.344 e. The maximum Gasteiger partial charge on any atom is 0.344 e. The molecular formula is C23H24N6O3S2. The number of benzene rings is 2. The predicted molar refractivity (Wildman–Crippen MR) is 132 cm³/mol. The number of hydrogen-bond acceptors (Lipinski definition) is 8. The van der Waals surface area contributed by atoms with Crippen LogP contribution >= 0.6 is 23.1 Å². The van der Waals surface area contributed by atoms with E-state index in [1.165, 1.54) is 28.7 Å². The van der Waals surface area contributed by atoms with E-state index >= 15 is 0 Å². The van der Waals surface area contributed by atoms with Crippen molar-refractivity contribution in [1.29, 1.82) is 0 Å². The first kappa shape index (κ1) is 23.7. The SMILES string of the molecule is CCc1cccc(C)c1Nc1nnc(SCC(=O)NN2C(=O)NC(C)(c3ccccc3)C2=O)s1. The molecule has 2 heterocycles. The second-order valence-electron chi connectivity index (χ2n) is 7.85. The zero-order chi connectivity index (χ0) is 24.3. The topological polar surface area (TPSA) is 116 Å². The average molecular weight is 497 g/mol. The average Bonchev–Trinajstić information content (AvgIpc) is 3.37.